The first kappa shape index (κ1) is 14.5. The summed E-state index contributed by atoms with van der Waals surface area (Å²) in [5.41, 5.74) is 1.04. The second-order valence-electron chi connectivity index (χ2n) is 4.20. The van der Waals surface area contributed by atoms with E-state index in [9.17, 15) is 9.50 Å². The lowest BCUT2D eigenvalue weighted by Gasteiger charge is -2.20. The lowest BCUT2D eigenvalue weighted by atomic mass is 10.3. The molecule has 0 unspecified atom stereocenters. The molecule has 0 spiro atoms. The summed E-state index contributed by atoms with van der Waals surface area (Å²) in [6, 6.07) is 7.43. The van der Waals surface area contributed by atoms with Crippen LogP contribution in [-0.2, 0) is 0 Å². The lowest BCUT2D eigenvalue weighted by Crippen LogP contribution is -2.24. The highest BCUT2D eigenvalue weighted by Gasteiger charge is 2.18. The minimum Gasteiger partial charge on any atom is -0.506 e. The van der Waals surface area contributed by atoms with Gasteiger partial charge in [-0.3, -0.25) is 0 Å². The zero-order valence-electron chi connectivity index (χ0n) is 10.3. The van der Waals surface area contributed by atoms with Crippen LogP contribution in [0.3, 0.4) is 0 Å². The molecule has 0 aromatic heterocycles. The fourth-order valence-corrected chi connectivity index (χ4v) is 3.11. The average molecular weight is 389 g/mol. The molecule has 0 aliphatic carbocycles. The normalized spacial score (nSPS) is 13.2. The molecule has 1 aliphatic heterocycles. The Labute approximate surface area is 137 Å². The van der Waals surface area contributed by atoms with Crippen molar-refractivity contribution in [3.63, 3.8) is 0 Å². The van der Waals surface area contributed by atoms with E-state index in [-0.39, 0.29) is 11.6 Å². The number of anilines is 2. The highest BCUT2D eigenvalue weighted by molar-refractivity contribution is 9.10. The van der Waals surface area contributed by atoms with Gasteiger partial charge in [0.25, 0.3) is 0 Å². The molecule has 0 fully saturated rings. The molecule has 3 rings (SSSR count). The summed E-state index contributed by atoms with van der Waals surface area (Å²) in [5.74, 6) is 0.0497. The van der Waals surface area contributed by atoms with Gasteiger partial charge in [-0.15, -0.1) is 0 Å². The van der Waals surface area contributed by atoms with Crippen LogP contribution in [0.5, 0.6) is 5.75 Å². The van der Waals surface area contributed by atoms with Crippen molar-refractivity contribution < 1.29 is 9.50 Å². The molecule has 1 aliphatic rings. The molecule has 3 N–H and O–H groups in total. The zero-order chi connectivity index (χ0) is 15.0. The van der Waals surface area contributed by atoms with Crippen molar-refractivity contribution in [2.45, 2.75) is 4.90 Å². The molecule has 0 saturated carbocycles. The number of phenolic OH excluding ortho intramolecular Hbond substituents is 1. The van der Waals surface area contributed by atoms with Crippen LogP contribution in [0, 0.1) is 5.82 Å². The second kappa shape index (κ2) is 5.75. The summed E-state index contributed by atoms with van der Waals surface area (Å²) in [4.78, 5) is 0.712. The molecule has 0 amide bonds. The third kappa shape index (κ3) is 3.09. The Kier molecular flexibility index (Phi) is 3.97. The number of rotatable bonds is 1. The van der Waals surface area contributed by atoms with E-state index in [1.165, 1.54) is 18.2 Å². The standard InChI is InChI=1S/C13H8BrClFN3OS/c14-8-2-1-7(16)5-9(8)17-13-18-12-10(20)3-6(15)4-11(12)21-19-13/h1-5,20H,(H2,17,18,19). The Balaban J connectivity index is 1.86. The number of benzene rings is 2. The number of fused-ring (bicyclic) bond motifs is 1. The molecule has 108 valence electrons. The number of nitrogens with zero attached hydrogens (tertiary/aromatic N) is 1. The van der Waals surface area contributed by atoms with Crippen LogP contribution in [0.4, 0.5) is 15.8 Å². The molecular formula is C13H8BrClFN3OS. The van der Waals surface area contributed by atoms with E-state index >= 15 is 0 Å². The predicted octanol–water partition coefficient (Wildman–Crippen LogP) is 4.85. The SMILES string of the molecule is Oc1cc(Cl)cc2c1NC(Nc1cc(F)ccc1Br)=NS2. The Morgan fingerprint density at radius 2 is 2.14 bits per heavy atom. The Morgan fingerprint density at radius 3 is 2.95 bits per heavy atom. The summed E-state index contributed by atoms with van der Waals surface area (Å²) in [6.07, 6.45) is 0. The van der Waals surface area contributed by atoms with E-state index in [4.69, 9.17) is 11.6 Å². The molecule has 0 bridgehead atoms. The molecule has 1 heterocycles. The summed E-state index contributed by atoms with van der Waals surface area (Å²) >= 11 is 10.4. The monoisotopic (exact) mass is 387 g/mol. The maximum absolute atomic E-state index is 13.3. The van der Waals surface area contributed by atoms with Crippen molar-refractivity contribution in [2.75, 3.05) is 10.6 Å². The van der Waals surface area contributed by atoms with Gasteiger partial charge in [-0.05, 0) is 40.2 Å². The van der Waals surface area contributed by atoms with Crippen LogP contribution in [0.15, 0.2) is 44.1 Å². The number of hydrogen-bond donors (Lipinski definition) is 3. The van der Waals surface area contributed by atoms with E-state index < -0.39 is 0 Å². The highest BCUT2D eigenvalue weighted by Crippen LogP contribution is 2.40. The maximum Gasteiger partial charge on any atom is 0.212 e. The second-order valence-corrected chi connectivity index (χ2v) is 6.30. The smallest absolute Gasteiger partial charge is 0.212 e. The number of phenols is 1. The summed E-state index contributed by atoms with van der Waals surface area (Å²) in [6.45, 7) is 0. The van der Waals surface area contributed by atoms with Crippen LogP contribution >= 0.6 is 39.5 Å². The minimum absolute atomic E-state index is 0.0255. The maximum atomic E-state index is 13.3. The molecule has 0 saturated heterocycles. The van der Waals surface area contributed by atoms with Gasteiger partial charge in [-0.25, -0.2) is 4.39 Å². The van der Waals surface area contributed by atoms with Gasteiger partial charge in [0.15, 0.2) is 0 Å². The fourth-order valence-electron chi connectivity index (χ4n) is 1.78. The largest absolute Gasteiger partial charge is 0.506 e. The third-order valence-corrected chi connectivity index (χ3v) is 4.41. The Hall–Kier alpha value is -1.44. The zero-order valence-corrected chi connectivity index (χ0v) is 13.5. The molecule has 4 nitrogen and oxygen atoms in total. The molecule has 2 aromatic rings. The number of halogens is 3. The molecule has 21 heavy (non-hydrogen) atoms. The van der Waals surface area contributed by atoms with E-state index in [0.717, 1.165) is 11.9 Å². The number of aromatic hydroxyl groups is 1. The van der Waals surface area contributed by atoms with Crippen molar-refractivity contribution in [3.05, 3.63) is 45.6 Å². The quantitative estimate of drug-likeness (QED) is 0.483. The molecule has 0 radical (unpaired) electrons. The van der Waals surface area contributed by atoms with Gasteiger partial charge in [-0.1, -0.05) is 11.6 Å². The minimum atomic E-state index is -0.361. The van der Waals surface area contributed by atoms with Gasteiger partial charge in [-0.2, -0.15) is 4.40 Å². The predicted molar refractivity (Wildman–Crippen MR) is 87.8 cm³/mol. The van der Waals surface area contributed by atoms with Crippen LogP contribution in [0.1, 0.15) is 0 Å². The van der Waals surface area contributed by atoms with Gasteiger partial charge >= 0.3 is 0 Å². The summed E-state index contributed by atoms with van der Waals surface area (Å²) in [7, 11) is 0. The first-order valence-electron chi connectivity index (χ1n) is 5.79. The van der Waals surface area contributed by atoms with Gasteiger partial charge in [0.05, 0.1) is 16.3 Å². The van der Waals surface area contributed by atoms with Crippen LogP contribution < -0.4 is 10.6 Å². The summed E-state index contributed by atoms with van der Waals surface area (Å²) in [5, 5.41) is 16.3. The van der Waals surface area contributed by atoms with E-state index in [0.29, 0.717) is 31.7 Å². The summed E-state index contributed by atoms with van der Waals surface area (Å²) < 4.78 is 18.2. The van der Waals surface area contributed by atoms with Crippen LogP contribution in [-0.4, -0.2) is 11.1 Å². The van der Waals surface area contributed by atoms with Gasteiger partial charge in [0.1, 0.15) is 11.6 Å². The number of nitrogens with one attached hydrogen (secondary N) is 2. The van der Waals surface area contributed by atoms with Crippen molar-refractivity contribution in [1.29, 1.82) is 0 Å². The molecule has 0 atom stereocenters. The first-order valence-corrected chi connectivity index (χ1v) is 7.74. The van der Waals surface area contributed by atoms with Crippen molar-refractivity contribution in [3.8, 4) is 5.75 Å². The topological polar surface area (TPSA) is 56.6 Å². The fraction of sp³-hybridized carbons (Fsp3) is 0. The third-order valence-electron chi connectivity index (χ3n) is 2.71. The van der Waals surface area contributed by atoms with E-state index in [2.05, 4.69) is 31.0 Å². The average Bonchev–Trinajstić information content (AvgIpc) is 2.43. The molecular weight excluding hydrogens is 381 g/mol. The number of guanidine groups is 1. The molecule has 8 heteroatoms. The Morgan fingerprint density at radius 1 is 1.33 bits per heavy atom. The van der Waals surface area contributed by atoms with Gasteiger partial charge in [0, 0.05) is 27.5 Å². The van der Waals surface area contributed by atoms with Crippen molar-refractivity contribution >= 4 is 56.8 Å². The number of hydrogen-bond acceptors (Lipinski definition) is 5. The van der Waals surface area contributed by atoms with Crippen LogP contribution in [0.2, 0.25) is 5.02 Å². The van der Waals surface area contributed by atoms with E-state index in [1.54, 1.807) is 12.1 Å². The van der Waals surface area contributed by atoms with Crippen molar-refractivity contribution in [2.24, 2.45) is 4.40 Å². The highest BCUT2D eigenvalue weighted by atomic mass is 79.9. The van der Waals surface area contributed by atoms with Crippen molar-refractivity contribution in [1.82, 2.24) is 0 Å². The Bertz CT molecular complexity index is 756. The molecule has 2 aromatic carbocycles. The van der Waals surface area contributed by atoms with Gasteiger partial charge in [0.2, 0.25) is 5.96 Å². The van der Waals surface area contributed by atoms with Gasteiger partial charge < -0.3 is 15.7 Å². The first-order chi connectivity index (χ1) is 10.0. The van der Waals surface area contributed by atoms with Crippen LogP contribution in [0.25, 0.3) is 0 Å². The van der Waals surface area contributed by atoms with E-state index in [1.807, 2.05) is 0 Å². The lowest BCUT2D eigenvalue weighted by molar-refractivity contribution is 0.476.